The summed E-state index contributed by atoms with van der Waals surface area (Å²) < 4.78 is 22.2. The van der Waals surface area contributed by atoms with Crippen LogP contribution in [-0.2, 0) is 6.54 Å². The van der Waals surface area contributed by atoms with E-state index in [-0.39, 0.29) is 6.79 Å². The van der Waals surface area contributed by atoms with Gasteiger partial charge in [0.25, 0.3) is 0 Å². The number of ether oxygens (including phenoxy) is 4. The van der Waals surface area contributed by atoms with Crippen LogP contribution in [0.5, 0.6) is 23.0 Å². The first-order valence-electron chi connectivity index (χ1n) is 9.15. The molecule has 0 bridgehead atoms. The highest BCUT2D eigenvalue weighted by Crippen LogP contribution is 2.33. The number of aliphatic imine (C=N–C) groups is 1. The van der Waals surface area contributed by atoms with Gasteiger partial charge in [0.2, 0.25) is 6.79 Å². The van der Waals surface area contributed by atoms with Gasteiger partial charge in [-0.15, -0.1) is 0 Å². The molecule has 0 spiro atoms. The molecule has 0 saturated heterocycles. The fraction of sp³-hybridized carbons (Fsp3) is 0.350. The molecule has 2 aliphatic heterocycles. The molecule has 2 N–H and O–H groups in total. The van der Waals surface area contributed by atoms with Gasteiger partial charge in [-0.25, -0.2) is 4.99 Å². The van der Waals surface area contributed by atoms with Crippen molar-refractivity contribution in [2.24, 2.45) is 4.99 Å². The summed E-state index contributed by atoms with van der Waals surface area (Å²) in [5.74, 6) is 3.78. The van der Waals surface area contributed by atoms with Crippen LogP contribution in [0.15, 0.2) is 41.4 Å². The minimum atomic E-state index is 0.274. The largest absolute Gasteiger partial charge is 0.490 e. The van der Waals surface area contributed by atoms with E-state index in [1.54, 1.807) is 0 Å². The van der Waals surface area contributed by atoms with Crippen LogP contribution in [0, 0.1) is 0 Å². The van der Waals surface area contributed by atoms with Crippen molar-refractivity contribution in [3.8, 4) is 23.0 Å². The maximum absolute atomic E-state index is 5.75. The number of hydrogen-bond acceptors (Lipinski definition) is 5. The van der Waals surface area contributed by atoms with Gasteiger partial charge in [-0.2, -0.15) is 0 Å². The SMILES string of the molecule is CCNC(=NCc1ccc2c(c1)OCO2)Nc1ccc2c(c1)OCCCO2. The van der Waals surface area contributed by atoms with Crippen LogP contribution in [0.2, 0.25) is 0 Å². The Kier molecular flexibility index (Phi) is 5.18. The summed E-state index contributed by atoms with van der Waals surface area (Å²) in [6.07, 6.45) is 0.886. The number of hydrogen-bond donors (Lipinski definition) is 2. The van der Waals surface area contributed by atoms with Crippen molar-refractivity contribution in [3.05, 3.63) is 42.0 Å². The molecule has 7 nitrogen and oxygen atoms in total. The van der Waals surface area contributed by atoms with Crippen molar-refractivity contribution in [1.29, 1.82) is 0 Å². The average Bonchev–Trinajstić information content (AvgIpc) is 3.03. The van der Waals surface area contributed by atoms with Crippen LogP contribution in [0.4, 0.5) is 5.69 Å². The van der Waals surface area contributed by atoms with Crippen LogP contribution in [0.1, 0.15) is 18.9 Å². The van der Waals surface area contributed by atoms with Gasteiger partial charge in [0, 0.05) is 24.7 Å². The smallest absolute Gasteiger partial charge is 0.231 e. The Balaban J connectivity index is 1.47. The maximum Gasteiger partial charge on any atom is 0.231 e. The van der Waals surface area contributed by atoms with E-state index in [9.17, 15) is 0 Å². The monoisotopic (exact) mass is 369 g/mol. The molecule has 2 aliphatic rings. The fourth-order valence-corrected chi connectivity index (χ4v) is 2.89. The van der Waals surface area contributed by atoms with Crippen molar-refractivity contribution in [3.63, 3.8) is 0 Å². The first-order chi connectivity index (χ1) is 13.3. The Morgan fingerprint density at radius 3 is 2.56 bits per heavy atom. The highest BCUT2D eigenvalue weighted by molar-refractivity contribution is 5.93. The summed E-state index contributed by atoms with van der Waals surface area (Å²) >= 11 is 0. The lowest BCUT2D eigenvalue weighted by atomic mass is 10.2. The Morgan fingerprint density at radius 2 is 1.67 bits per heavy atom. The van der Waals surface area contributed by atoms with E-state index >= 15 is 0 Å². The zero-order valence-corrected chi connectivity index (χ0v) is 15.3. The molecule has 4 rings (SSSR count). The quantitative estimate of drug-likeness (QED) is 0.637. The number of nitrogens with one attached hydrogen (secondary N) is 2. The standard InChI is InChI=1S/C20H23N3O4/c1-2-21-20(22-12-14-4-6-17-18(10-14)27-13-26-17)23-15-5-7-16-19(11-15)25-9-3-8-24-16/h4-7,10-11H,2-3,8-9,12-13H2,1H3,(H2,21,22,23). The summed E-state index contributed by atoms with van der Waals surface area (Å²) in [4.78, 5) is 4.66. The van der Waals surface area contributed by atoms with Crippen molar-refractivity contribution >= 4 is 11.6 Å². The molecule has 0 unspecified atom stereocenters. The molecular formula is C20H23N3O4. The van der Waals surface area contributed by atoms with Gasteiger partial charge in [-0.1, -0.05) is 6.07 Å². The molecule has 0 saturated carbocycles. The van der Waals surface area contributed by atoms with E-state index in [4.69, 9.17) is 18.9 Å². The molecule has 27 heavy (non-hydrogen) atoms. The van der Waals surface area contributed by atoms with Crippen molar-refractivity contribution in [2.45, 2.75) is 19.9 Å². The Labute approximate surface area is 158 Å². The van der Waals surface area contributed by atoms with E-state index < -0.39 is 0 Å². The van der Waals surface area contributed by atoms with Gasteiger partial charge in [-0.3, -0.25) is 0 Å². The Hall–Kier alpha value is -3.09. The molecule has 0 aromatic heterocycles. The van der Waals surface area contributed by atoms with E-state index in [2.05, 4.69) is 15.6 Å². The number of nitrogens with zero attached hydrogens (tertiary/aromatic N) is 1. The first kappa shape index (κ1) is 17.3. The van der Waals surface area contributed by atoms with Gasteiger partial charge < -0.3 is 29.6 Å². The van der Waals surface area contributed by atoms with E-state index in [1.807, 2.05) is 43.3 Å². The van der Waals surface area contributed by atoms with Crippen molar-refractivity contribution in [2.75, 3.05) is 31.9 Å². The number of benzene rings is 2. The molecule has 0 amide bonds. The Morgan fingerprint density at radius 1 is 0.926 bits per heavy atom. The predicted molar refractivity (Wildman–Crippen MR) is 103 cm³/mol. The van der Waals surface area contributed by atoms with Gasteiger partial charge >= 0.3 is 0 Å². The molecule has 142 valence electrons. The van der Waals surface area contributed by atoms with Crippen LogP contribution in [-0.4, -0.2) is 32.5 Å². The molecule has 2 aromatic carbocycles. The topological polar surface area (TPSA) is 73.3 Å². The third-order valence-electron chi connectivity index (χ3n) is 4.21. The minimum Gasteiger partial charge on any atom is -0.490 e. The highest BCUT2D eigenvalue weighted by atomic mass is 16.7. The zero-order chi connectivity index (χ0) is 18.5. The second-order valence-corrected chi connectivity index (χ2v) is 6.22. The number of guanidine groups is 1. The summed E-state index contributed by atoms with van der Waals surface area (Å²) in [5.41, 5.74) is 1.94. The molecule has 2 aromatic rings. The highest BCUT2D eigenvalue weighted by Gasteiger charge is 2.14. The van der Waals surface area contributed by atoms with Gasteiger partial charge in [0.05, 0.1) is 19.8 Å². The summed E-state index contributed by atoms with van der Waals surface area (Å²) in [7, 11) is 0. The number of fused-ring (bicyclic) bond motifs is 2. The van der Waals surface area contributed by atoms with Crippen LogP contribution < -0.4 is 29.6 Å². The number of anilines is 1. The normalized spacial score (nSPS) is 15.2. The van der Waals surface area contributed by atoms with Gasteiger partial charge in [0.15, 0.2) is 29.0 Å². The van der Waals surface area contributed by atoms with E-state index in [0.29, 0.717) is 25.7 Å². The molecule has 0 aliphatic carbocycles. The third-order valence-corrected chi connectivity index (χ3v) is 4.21. The van der Waals surface area contributed by atoms with Crippen molar-refractivity contribution < 1.29 is 18.9 Å². The maximum atomic E-state index is 5.75. The van der Waals surface area contributed by atoms with Crippen LogP contribution >= 0.6 is 0 Å². The molecule has 0 radical (unpaired) electrons. The molecule has 2 heterocycles. The minimum absolute atomic E-state index is 0.274. The van der Waals surface area contributed by atoms with Crippen LogP contribution in [0.3, 0.4) is 0 Å². The third kappa shape index (κ3) is 4.19. The predicted octanol–water partition coefficient (Wildman–Crippen LogP) is 3.15. The lowest BCUT2D eigenvalue weighted by Crippen LogP contribution is -2.30. The molecular weight excluding hydrogens is 346 g/mol. The molecule has 0 atom stereocenters. The van der Waals surface area contributed by atoms with Crippen molar-refractivity contribution in [1.82, 2.24) is 5.32 Å². The van der Waals surface area contributed by atoms with E-state index in [1.165, 1.54) is 0 Å². The zero-order valence-electron chi connectivity index (χ0n) is 15.3. The first-order valence-corrected chi connectivity index (χ1v) is 9.15. The fourth-order valence-electron chi connectivity index (χ4n) is 2.89. The molecule has 0 fully saturated rings. The van der Waals surface area contributed by atoms with Crippen LogP contribution in [0.25, 0.3) is 0 Å². The summed E-state index contributed by atoms with van der Waals surface area (Å²) in [6, 6.07) is 11.7. The average molecular weight is 369 g/mol. The van der Waals surface area contributed by atoms with E-state index in [0.717, 1.165) is 47.2 Å². The molecule has 7 heteroatoms. The number of rotatable bonds is 4. The Bertz CT molecular complexity index is 838. The lowest BCUT2D eigenvalue weighted by Gasteiger charge is -2.14. The van der Waals surface area contributed by atoms with Gasteiger partial charge in [0.1, 0.15) is 0 Å². The lowest BCUT2D eigenvalue weighted by molar-refractivity contribution is 0.174. The second kappa shape index (κ2) is 8.07. The van der Waals surface area contributed by atoms with Gasteiger partial charge in [-0.05, 0) is 36.8 Å². The summed E-state index contributed by atoms with van der Waals surface area (Å²) in [6.45, 7) is 4.93. The second-order valence-electron chi connectivity index (χ2n) is 6.22. The summed E-state index contributed by atoms with van der Waals surface area (Å²) in [5, 5.41) is 6.58.